The number of benzene rings is 2. The number of aromatic nitrogens is 2. The van der Waals surface area contributed by atoms with Crippen LogP contribution in [0.5, 0.6) is 0 Å². The molecule has 0 bridgehead atoms. The predicted octanol–water partition coefficient (Wildman–Crippen LogP) is 4.74. The Bertz CT molecular complexity index is 1290. The molecule has 1 amide bonds. The average Bonchev–Trinajstić information content (AvgIpc) is 3.07. The van der Waals surface area contributed by atoms with Crippen LogP contribution in [0.4, 0.5) is 5.69 Å². The topological polar surface area (TPSA) is 64.0 Å². The second kappa shape index (κ2) is 6.87. The van der Waals surface area contributed by atoms with E-state index in [0.717, 1.165) is 37.3 Å². The highest BCUT2D eigenvalue weighted by molar-refractivity contribution is 7.26. The number of thiophene rings is 1. The highest BCUT2D eigenvalue weighted by Crippen LogP contribution is 2.33. The second-order valence-electron chi connectivity index (χ2n) is 7.12. The molecule has 0 saturated carbocycles. The molecule has 5 nitrogen and oxygen atoms in total. The van der Waals surface area contributed by atoms with Crippen molar-refractivity contribution in [2.45, 2.75) is 33.7 Å². The third-order valence-corrected chi connectivity index (χ3v) is 6.27. The van der Waals surface area contributed by atoms with Crippen molar-refractivity contribution in [3.8, 4) is 0 Å². The quantitative estimate of drug-likeness (QED) is 0.549. The molecule has 4 aromatic rings. The van der Waals surface area contributed by atoms with Crippen LogP contribution in [0.15, 0.2) is 47.3 Å². The number of nitrogens with zero attached hydrogens (tertiary/aromatic N) is 2. The van der Waals surface area contributed by atoms with Crippen LogP contribution in [0.1, 0.15) is 29.8 Å². The molecular formula is C22H21N3O2S. The van der Waals surface area contributed by atoms with Crippen LogP contribution in [0.3, 0.4) is 0 Å². The molecule has 142 valence electrons. The summed E-state index contributed by atoms with van der Waals surface area (Å²) in [6.07, 6.45) is 0. The molecule has 0 fully saturated rings. The van der Waals surface area contributed by atoms with Crippen molar-refractivity contribution < 1.29 is 4.79 Å². The number of rotatable bonds is 3. The molecule has 0 aliphatic rings. The predicted molar refractivity (Wildman–Crippen MR) is 115 cm³/mol. The second-order valence-corrected chi connectivity index (χ2v) is 8.17. The van der Waals surface area contributed by atoms with E-state index >= 15 is 0 Å². The molecule has 28 heavy (non-hydrogen) atoms. The first-order valence-electron chi connectivity index (χ1n) is 9.15. The van der Waals surface area contributed by atoms with Gasteiger partial charge in [-0.05, 0) is 45.4 Å². The highest BCUT2D eigenvalue weighted by Gasteiger charge is 2.22. The Morgan fingerprint density at radius 3 is 2.64 bits per heavy atom. The van der Waals surface area contributed by atoms with E-state index in [1.54, 1.807) is 18.3 Å². The minimum atomic E-state index is -0.727. The maximum absolute atomic E-state index is 13.2. The van der Waals surface area contributed by atoms with Crippen molar-refractivity contribution >= 4 is 43.1 Å². The third-order valence-electron chi connectivity index (χ3n) is 4.99. The van der Waals surface area contributed by atoms with E-state index in [2.05, 4.69) is 10.4 Å². The molecule has 6 heteroatoms. The van der Waals surface area contributed by atoms with E-state index in [9.17, 15) is 9.59 Å². The van der Waals surface area contributed by atoms with E-state index in [0.29, 0.717) is 5.39 Å². The summed E-state index contributed by atoms with van der Waals surface area (Å²) in [6, 6.07) is 12.9. The summed E-state index contributed by atoms with van der Waals surface area (Å²) in [4.78, 5) is 26.0. The molecule has 0 aliphatic heterocycles. The van der Waals surface area contributed by atoms with Gasteiger partial charge in [0.25, 0.3) is 5.56 Å². The Morgan fingerprint density at radius 2 is 1.89 bits per heavy atom. The van der Waals surface area contributed by atoms with Crippen molar-refractivity contribution in [1.29, 1.82) is 0 Å². The molecule has 0 saturated heterocycles. The average molecular weight is 391 g/mol. The standard InChI is InChI=1S/C22H21N3O2S/c1-12-9-10-17(13(2)11-12)23-21(26)15(4)25-22(27)19-16-7-5-6-8-18(16)28-20(19)14(3)24-25/h5-11,15H,1-4H3,(H,23,26)/t15-/m1/s1. The van der Waals surface area contributed by atoms with Gasteiger partial charge in [0.1, 0.15) is 6.04 Å². The number of carbonyl (C=O) groups excluding carboxylic acids is 1. The van der Waals surface area contributed by atoms with Crippen LogP contribution in [0.2, 0.25) is 0 Å². The smallest absolute Gasteiger partial charge is 0.276 e. The van der Waals surface area contributed by atoms with Gasteiger partial charge in [-0.3, -0.25) is 9.59 Å². The molecule has 0 aliphatic carbocycles. The van der Waals surface area contributed by atoms with Gasteiger partial charge >= 0.3 is 0 Å². The van der Waals surface area contributed by atoms with Gasteiger partial charge < -0.3 is 5.32 Å². The van der Waals surface area contributed by atoms with Gasteiger partial charge in [-0.15, -0.1) is 11.3 Å². The van der Waals surface area contributed by atoms with Gasteiger partial charge in [-0.25, -0.2) is 4.68 Å². The molecule has 2 aromatic heterocycles. The zero-order valence-corrected chi connectivity index (χ0v) is 17.1. The number of nitrogens with one attached hydrogen (secondary N) is 1. The van der Waals surface area contributed by atoms with Crippen LogP contribution in [0.25, 0.3) is 20.2 Å². The summed E-state index contributed by atoms with van der Waals surface area (Å²) >= 11 is 1.56. The summed E-state index contributed by atoms with van der Waals surface area (Å²) in [6.45, 7) is 7.54. The highest BCUT2D eigenvalue weighted by atomic mass is 32.1. The Hall–Kier alpha value is -2.99. The van der Waals surface area contributed by atoms with Crippen molar-refractivity contribution in [2.24, 2.45) is 0 Å². The molecule has 1 atom stereocenters. The maximum Gasteiger partial charge on any atom is 0.276 e. The first kappa shape index (κ1) is 18.4. The van der Waals surface area contributed by atoms with E-state index in [1.807, 2.05) is 63.2 Å². The number of carbonyl (C=O) groups is 1. The number of amides is 1. The van der Waals surface area contributed by atoms with E-state index in [4.69, 9.17) is 0 Å². The van der Waals surface area contributed by atoms with Gasteiger partial charge in [0.05, 0.1) is 15.8 Å². The Balaban J connectivity index is 1.77. The Labute approximate surface area is 166 Å². The van der Waals surface area contributed by atoms with Gasteiger partial charge in [0.15, 0.2) is 0 Å². The Morgan fingerprint density at radius 1 is 1.14 bits per heavy atom. The molecule has 0 spiro atoms. The summed E-state index contributed by atoms with van der Waals surface area (Å²) in [5.41, 5.74) is 3.38. The third kappa shape index (κ3) is 2.99. The first-order valence-corrected chi connectivity index (χ1v) is 9.97. The lowest BCUT2D eigenvalue weighted by Gasteiger charge is -2.16. The minimum Gasteiger partial charge on any atom is -0.324 e. The fourth-order valence-corrected chi connectivity index (χ4v) is 4.58. The first-order chi connectivity index (χ1) is 13.4. The lowest BCUT2D eigenvalue weighted by atomic mass is 10.1. The molecule has 0 radical (unpaired) electrons. The fraction of sp³-hybridized carbons (Fsp3) is 0.227. The molecule has 2 heterocycles. The van der Waals surface area contributed by atoms with Crippen molar-refractivity contribution in [2.75, 3.05) is 5.32 Å². The number of hydrogen-bond acceptors (Lipinski definition) is 4. The van der Waals surface area contributed by atoms with Crippen molar-refractivity contribution in [1.82, 2.24) is 9.78 Å². The summed E-state index contributed by atoms with van der Waals surface area (Å²) in [5, 5.41) is 8.92. The summed E-state index contributed by atoms with van der Waals surface area (Å²) < 4.78 is 3.23. The van der Waals surface area contributed by atoms with Crippen molar-refractivity contribution in [3.63, 3.8) is 0 Å². The van der Waals surface area contributed by atoms with Crippen LogP contribution in [0, 0.1) is 20.8 Å². The van der Waals surface area contributed by atoms with Crippen LogP contribution < -0.4 is 10.9 Å². The number of hydrogen-bond donors (Lipinski definition) is 1. The molecule has 2 aromatic carbocycles. The summed E-state index contributed by atoms with van der Waals surface area (Å²) in [7, 11) is 0. The van der Waals surface area contributed by atoms with Gasteiger partial charge in [0, 0.05) is 15.8 Å². The zero-order valence-electron chi connectivity index (χ0n) is 16.2. The van der Waals surface area contributed by atoms with E-state index in [-0.39, 0.29) is 11.5 Å². The van der Waals surface area contributed by atoms with Crippen LogP contribution >= 0.6 is 11.3 Å². The Kier molecular flexibility index (Phi) is 4.51. The summed E-state index contributed by atoms with van der Waals surface area (Å²) in [5.74, 6) is -0.264. The molecular weight excluding hydrogens is 370 g/mol. The maximum atomic E-state index is 13.2. The molecule has 1 N–H and O–H groups in total. The number of anilines is 1. The molecule has 4 rings (SSSR count). The lowest BCUT2D eigenvalue weighted by Crippen LogP contribution is -2.34. The number of fused-ring (bicyclic) bond motifs is 3. The fourth-order valence-electron chi connectivity index (χ4n) is 3.44. The zero-order chi connectivity index (χ0) is 20.0. The SMILES string of the molecule is Cc1ccc(NC(=O)[C@@H](C)n2nc(C)c3sc4ccccc4c3c2=O)c(C)c1. The minimum absolute atomic E-state index is 0.235. The lowest BCUT2D eigenvalue weighted by molar-refractivity contribution is -0.119. The van der Waals surface area contributed by atoms with E-state index in [1.165, 1.54) is 4.68 Å². The van der Waals surface area contributed by atoms with Gasteiger partial charge in [-0.1, -0.05) is 35.9 Å². The van der Waals surface area contributed by atoms with Gasteiger partial charge in [0.2, 0.25) is 5.91 Å². The molecule has 0 unspecified atom stereocenters. The normalized spacial score (nSPS) is 12.4. The van der Waals surface area contributed by atoms with E-state index < -0.39 is 6.04 Å². The number of aryl methyl sites for hydroxylation is 3. The van der Waals surface area contributed by atoms with Gasteiger partial charge in [-0.2, -0.15) is 5.10 Å². The monoisotopic (exact) mass is 391 g/mol. The van der Waals surface area contributed by atoms with Crippen LogP contribution in [-0.2, 0) is 4.79 Å². The van der Waals surface area contributed by atoms with Crippen LogP contribution in [-0.4, -0.2) is 15.7 Å². The largest absolute Gasteiger partial charge is 0.324 e. The van der Waals surface area contributed by atoms with Crippen molar-refractivity contribution in [3.05, 3.63) is 69.6 Å².